The van der Waals surface area contributed by atoms with E-state index in [2.05, 4.69) is 62.5 Å². The van der Waals surface area contributed by atoms with Crippen LogP contribution in [0.4, 0.5) is 5.69 Å². The molecule has 2 nitrogen and oxygen atoms in total. The van der Waals surface area contributed by atoms with Crippen LogP contribution in [0.3, 0.4) is 0 Å². The van der Waals surface area contributed by atoms with Crippen LogP contribution in [0.2, 0.25) is 0 Å². The Balaban J connectivity index is 1.96. The molecule has 2 rings (SSSR count). The number of hydrogen-bond donors (Lipinski definition) is 1. The highest BCUT2D eigenvalue weighted by molar-refractivity contribution is 5.50. The Bertz CT molecular complexity index is 549. The minimum Gasteiger partial charge on any atom is -0.493 e. The summed E-state index contributed by atoms with van der Waals surface area (Å²) in [5, 5.41) is 3.47. The van der Waals surface area contributed by atoms with Gasteiger partial charge in [-0.3, -0.25) is 0 Å². The Morgan fingerprint density at radius 1 is 1.05 bits per heavy atom. The molecule has 0 atom stereocenters. The summed E-state index contributed by atoms with van der Waals surface area (Å²) in [7, 11) is 0. The summed E-state index contributed by atoms with van der Waals surface area (Å²) in [6.45, 7) is 8.00. The molecule has 1 N–H and O–H groups in total. The molecular formula is C18H23NO. The quantitative estimate of drug-likeness (QED) is 0.824. The zero-order valence-corrected chi connectivity index (χ0v) is 12.5. The van der Waals surface area contributed by atoms with E-state index >= 15 is 0 Å². The second-order valence-corrected chi connectivity index (χ2v) is 5.52. The fraction of sp³-hybridized carbons (Fsp3) is 0.333. The first-order valence-corrected chi connectivity index (χ1v) is 7.16. The van der Waals surface area contributed by atoms with Gasteiger partial charge >= 0.3 is 0 Å². The standard InChI is InChI=1S/C18H23NO/c1-14(2)13-20-17-9-6-8-16(11-17)12-19-18-10-5-4-7-15(18)3/h4-11,14,19H,12-13H2,1-3H3. The highest BCUT2D eigenvalue weighted by atomic mass is 16.5. The maximum absolute atomic E-state index is 5.76. The normalized spacial score (nSPS) is 10.6. The minimum atomic E-state index is 0.545. The molecule has 2 aromatic carbocycles. The van der Waals surface area contributed by atoms with Crippen molar-refractivity contribution in [3.63, 3.8) is 0 Å². The number of aryl methyl sites for hydroxylation is 1. The van der Waals surface area contributed by atoms with Crippen molar-refractivity contribution in [1.82, 2.24) is 0 Å². The lowest BCUT2D eigenvalue weighted by Gasteiger charge is -2.12. The van der Waals surface area contributed by atoms with Crippen molar-refractivity contribution in [3.8, 4) is 5.75 Å². The molecule has 2 aromatic rings. The molecule has 0 bridgehead atoms. The molecule has 0 unspecified atom stereocenters. The summed E-state index contributed by atoms with van der Waals surface area (Å²) < 4.78 is 5.76. The van der Waals surface area contributed by atoms with E-state index in [1.165, 1.54) is 16.8 Å². The van der Waals surface area contributed by atoms with Crippen molar-refractivity contribution < 1.29 is 4.74 Å². The number of nitrogens with one attached hydrogen (secondary N) is 1. The number of rotatable bonds is 6. The first-order chi connectivity index (χ1) is 9.65. The third-order valence-corrected chi connectivity index (χ3v) is 3.11. The SMILES string of the molecule is Cc1ccccc1NCc1cccc(OCC(C)C)c1. The monoisotopic (exact) mass is 269 g/mol. The molecule has 0 aliphatic heterocycles. The Labute approximate surface area is 121 Å². The van der Waals surface area contributed by atoms with Crippen molar-refractivity contribution in [1.29, 1.82) is 0 Å². The second-order valence-electron chi connectivity index (χ2n) is 5.52. The first kappa shape index (κ1) is 14.4. The van der Waals surface area contributed by atoms with E-state index in [1.54, 1.807) is 0 Å². The van der Waals surface area contributed by atoms with Crippen LogP contribution >= 0.6 is 0 Å². The molecule has 0 heterocycles. The van der Waals surface area contributed by atoms with Gasteiger partial charge in [0.25, 0.3) is 0 Å². The van der Waals surface area contributed by atoms with Crippen LogP contribution in [0.15, 0.2) is 48.5 Å². The van der Waals surface area contributed by atoms with E-state index < -0.39 is 0 Å². The van der Waals surface area contributed by atoms with Gasteiger partial charge in [0, 0.05) is 12.2 Å². The van der Waals surface area contributed by atoms with Gasteiger partial charge in [-0.2, -0.15) is 0 Å². The Morgan fingerprint density at radius 2 is 1.85 bits per heavy atom. The lowest BCUT2D eigenvalue weighted by atomic mass is 10.1. The third kappa shape index (κ3) is 4.30. The molecule has 0 fully saturated rings. The minimum absolute atomic E-state index is 0.545. The number of anilines is 1. The zero-order valence-electron chi connectivity index (χ0n) is 12.5. The van der Waals surface area contributed by atoms with Crippen LogP contribution in [-0.2, 0) is 6.54 Å². The number of hydrogen-bond acceptors (Lipinski definition) is 2. The lowest BCUT2D eigenvalue weighted by molar-refractivity contribution is 0.271. The van der Waals surface area contributed by atoms with Gasteiger partial charge < -0.3 is 10.1 Å². The summed E-state index contributed by atoms with van der Waals surface area (Å²) >= 11 is 0. The molecule has 0 amide bonds. The Kier molecular flexibility index (Phi) is 5.05. The molecule has 0 spiro atoms. The van der Waals surface area contributed by atoms with E-state index in [0.717, 1.165) is 18.9 Å². The predicted molar refractivity (Wildman–Crippen MR) is 85.3 cm³/mol. The molecule has 0 aliphatic rings. The highest BCUT2D eigenvalue weighted by Gasteiger charge is 2.00. The predicted octanol–water partition coefficient (Wildman–Crippen LogP) is 4.64. The summed E-state index contributed by atoms with van der Waals surface area (Å²) in [6.07, 6.45) is 0. The molecule has 20 heavy (non-hydrogen) atoms. The van der Waals surface area contributed by atoms with Gasteiger partial charge in [-0.15, -0.1) is 0 Å². The van der Waals surface area contributed by atoms with Crippen molar-refractivity contribution in [2.24, 2.45) is 5.92 Å². The Morgan fingerprint density at radius 3 is 2.60 bits per heavy atom. The van der Waals surface area contributed by atoms with Gasteiger partial charge in [0.1, 0.15) is 5.75 Å². The molecule has 2 heteroatoms. The fourth-order valence-electron chi connectivity index (χ4n) is 1.98. The van der Waals surface area contributed by atoms with Crippen molar-refractivity contribution in [2.75, 3.05) is 11.9 Å². The van der Waals surface area contributed by atoms with Crippen LogP contribution in [0, 0.1) is 12.8 Å². The lowest BCUT2D eigenvalue weighted by Crippen LogP contribution is -2.05. The topological polar surface area (TPSA) is 21.3 Å². The molecular weight excluding hydrogens is 246 g/mol. The molecule has 0 aromatic heterocycles. The number of benzene rings is 2. The Hall–Kier alpha value is -1.96. The van der Waals surface area contributed by atoms with Crippen molar-refractivity contribution in [2.45, 2.75) is 27.3 Å². The maximum atomic E-state index is 5.76. The van der Waals surface area contributed by atoms with Crippen LogP contribution in [0.5, 0.6) is 5.75 Å². The summed E-state index contributed by atoms with van der Waals surface area (Å²) in [6, 6.07) is 16.6. The molecule has 0 aliphatic carbocycles. The second kappa shape index (κ2) is 6.99. The van der Waals surface area contributed by atoms with Gasteiger partial charge in [0.15, 0.2) is 0 Å². The van der Waals surface area contributed by atoms with Crippen molar-refractivity contribution in [3.05, 3.63) is 59.7 Å². The summed E-state index contributed by atoms with van der Waals surface area (Å²) in [5.41, 5.74) is 3.68. The maximum Gasteiger partial charge on any atom is 0.119 e. The summed E-state index contributed by atoms with van der Waals surface area (Å²) in [4.78, 5) is 0. The van der Waals surface area contributed by atoms with E-state index in [-0.39, 0.29) is 0 Å². The van der Waals surface area contributed by atoms with E-state index in [1.807, 2.05) is 12.1 Å². The average Bonchev–Trinajstić information content (AvgIpc) is 2.45. The number of ether oxygens (including phenoxy) is 1. The van der Waals surface area contributed by atoms with Gasteiger partial charge in [0.05, 0.1) is 6.61 Å². The van der Waals surface area contributed by atoms with Gasteiger partial charge in [-0.05, 0) is 42.2 Å². The smallest absolute Gasteiger partial charge is 0.119 e. The zero-order chi connectivity index (χ0) is 14.4. The van der Waals surface area contributed by atoms with Crippen LogP contribution in [-0.4, -0.2) is 6.61 Å². The third-order valence-electron chi connectivity index (χ3n) is 3.11. The molecule has 0 radical (unpaired) electrons. The molecule has 106 valence electrons. The molecule has 0 saturated carbocycles. The molecule has 0 saturated heterocycles. The highest BCUT2D eigenvalue weighted by Crippen LogP contribution is 2.17. The van der Waals surface area contributed by atoms with Crippen LogP contribution in [0.25, 0.3) is 0 Å². The van der Waals surface area contributed by atoms with Crippen LogP contribution in [0.1, 0.15) is 25.0 Å². The first-order valence-electron chi connectivity index (χ1n) is 7.16. The summed E-state index contributed by atoms with van der Waals surface area (Å²) in [5.74, 6) is 1.49. The van der Waals surface area contributed by atoms with Gasteiger partial charge in [-0.25, -0.2) is 0 Å². The van der Waals surface area contributed by atoms with E-state index in [0.29, 0.717) is 5.92 Å². The van der Waals surface area contributed by atoms with E-state index in [4.69, 9.17) is 4.74 Å². The number of para-hydroxylation sites is 1. The van der Waals surface area contributed by atoms with Crippen LogP contribution < -0.4 is 10.1 Å². The largest absolute Gasteiger partial charge is 0.493 e. The average molecular weight is 269 g/mol. The van der Waals surface area contributed by atoms with Crippen molar-refractivity contribution >= 4 is 5.69 Å². The fourth-order valence-corrected chi connectivity index (χ4v) is 1.98. The van der Waals surface area contributed by atoms with Gasteiger partial charge in [0.2, 0.25) is 0 Å². The van der Waals surface area contributed by atoms with Gasteiger partial charge in [-0.1, -0.05) is 44.2 Å². The van der Waals surface area contributed by atoms with E-state index in [9.17, 15) is 0 Å².